The number of carbonyl (C=O) groups excluding carboxylic acids is 1. The largest absolute Gasteiger partial charge is 0.359 e. The Morgan fingerprint density at radius 2 is 2.18 bits per heavy atom. The molecular weight excluding hydrogens is 216 g/mol. The maximum Gasteiger partial charge on any atom is 0.221 e. The number of amides is 1. The van der Waals surface area contributed by atoms with E-state index >= 15 is 0 Å². The Morgan fingerprint density at radius 3 is 2.71 bits per heavy atom. The van der Waals surface area contributed by atoms with Gasteiger partial charge in [-0.2, -0.15) is 0 Å². The lowest BCUT2D eigenvalue weighted by Crippen LogP contribution is -2.41. The first-order chi connectivity index (χ1) is 8.17. The number of likely N-dealkylation sites (N-methyl/N-ethyl adjacent to an activating group) is 1. The van der Waals surface area contributed by atoms with E-state index in [2.05, 4.69) is 15.2 Å². The highest BCUT2D eigenvalue weighted by molar-refractivity contribution is 5.76. The fourth-order valence-corrected chi connectivity index (χ4v) is 1.64. The molecule has 0 aliphatic heterocycles. The Morgan fingerprint density at radius 1 is 1.53 bits per heavy atom. The lowest BCUT2D eigenvalue weighted by molar-refractivity contribution is -0.121. The Hall–Kier alpha value is -1.46. The monoisotopic (exact) mass is 236 g/mol. The second-order valence-electron chi connectivity index (χ2n) is 4.04. The third kappa shape index (κ3) is 4.50. The van der Waals surface area contributed by atoms with Crippen molar-refractivity contribution < 1.29 is 4.79 Å². The zero-order valence-corrected chi connectivity index (χ0v) is 10.4. The van der Waals surface area contributed by atoms with E-state index in [0.29, 0.717) is 13.0 Å². The summed E-state index contributed by atoms with van der Waals surface area (Å²) in [5, 5.41) is 2.62. The maximum atomic E-state index is 11.3. The van der Waals surface area contributed by atoms with Crippen molar-refractivity contribution in [3.8, 4) is 0 Å². The van der Waals surface area contributed by atoms with Gasteiger partial charge in [-0.05, 0) is 24.7 Å². The summed E-state index contributed by atoms with van der Waals surface area (Å²) in [6, 6.07) is 3.98. The van der Waals surface area contributed by atoms with E-state index in [9.17, 15) is 4.79 Å². The standard InChI is InChI=1S/C12H20N4O/c1-14-12(17)7-11(8-13)16(2)9-10-3-5-15-6-4-10/h3-6,11H,7-9,13H2,1-2H3,(H,14,17). The molecule has 1 aromatic rings. The van der Waals surface area contributed by atoms with Crippen LogP contribution in [0.15, 0.2) is 24.5 Å². The quantitative estimate of drug-likeness (QED) is 0.728. The first-order valence-corrected chi connectivity index (χ1v) is 5.67. The summed E-state index contributed by atoms with van der Waals surface area (Å²) in [4.78, 5) is 17.4. The number of nitrogens with one attached hydrogen (secondary N) is 1. The minimum Gasteiger partial charge on any atom is -0.359 e. The average molecular weight is 236 g/mol. The molecule has 17 heavy (non-hydrogen) atoms. The Balaban J connectivity index is 2.54. The van der Waals surface area contributed by atoms with Gasteiger partial charge in [-0.25, -0.2) is 0 Å². The fourth-order valence-electron chi connectivity index (χ4n) is 1.64. The molecule has 3 N–H and O–H groups in total. The summed E-state index contributed by atoms with van der Waals surface area (Å²) in [6.07, 6.45) is 3.95. The number of hydrogen-bond acceptors (Lipinski definition) is 4. The summed E-state index contributed by atoms with van der Waals surface area (Å²) in [5.74, 6) is 0.0158. The molecule has 1 heterocycles. The third-order valence-corrected chi connectivity index (χ3v) is 2.78. The van der Waals surface area contributed by atoms with Crippen LogP contribution in [0.25, 0.3) is 0 Å². The summed E-state index contributed by atoms with van der Waals surface area (Å²) in [7, 11) is 3.61. The van der Waals surface area contributed by atoms with Crippen molar-refractivity contribution in [2.24, 2.45) is 5.73 Å². The zero-order valence-electron chi connectivity index (χ0n) is 10.4. The minimum absolute atomic E-state index is 0.0158. The molecule has 1 atom stereocenters. The average Bonchev–Trinajstić information content (AvgIpc) is 2.36. The summed E-state index contributed by atoms with van der Waals surface area (Å²) >= 11 is 0. The number of aromatic nitrogens is 1. The normalized spacial score (nSPS) is 12.5. The van der Waals surface area contributed by atoms with E-state index < -0.39 is 0 Å². The van der Waals surface area contributed by atoms with Gasteiger partial charge in [0, 0.05) is 45.0 Å². The van der Waals surface area contributed by atoms with Gasteiger partial charge in [0.15, 0.2) is 0 Å². The number of pyridine rings is 1. The van der Waals surface area contributed by atoms with E-state index in [1.54, 1.807) is 19.4 Å². The summed E-state index contributed by atoms with van der Waals surface area (Å²) in [6.45, 7) is 1.23. The number of rotatable bonds is 6. The second-order valence-corrected chi connectivity index (χ2v) is 4.04. The number of nitrogens with two attached hydrogens (primary N) is 1. The van der Waals surface area contributed by atoms with Crippen molar-refractivity contribution in [3.63, 3.8) is 0 Å². The van der Waals surface area contributed by atoms with Gasteiger partial charge >= 0.3 is 0 Å². The second kappa shape index (κ2) is 6.98. The molecule has 1 amide bonds. The molecule has 94 valence electrons. The molecule has 5 heteroatoms. The summed E-state index contributed by atoms with van der Waals surface area (Å²) in [5.41, 5.74) is 6.86. The highest BCUT2D eigenvalue weighted by Gasteiger charge is 2.16. The first-order valence-electron chi connectivity index (χ1n) is 5.67. The summed E-state index contributed by atoms with van der Waals surface area (Å²) < 4.78 is 0. The number of hydrogen-bond donors (Lipinski definition) is 2. The molecule has 0 aliphatic rings. The first kappa shape index (κ1) is 13.6. The van der Waals surface area contributed by atoms with Gasteiger partial charge in [0.1, 0.15) is 0 Å². The molecule has 5 nitrogen and oxygen atoms in total. The van der Waals surface area contributed by atoms with Gasteiger partial charge in [-0.3, -0.25) is 14.7 Å². The van der Waals surface area contributed by atoms with Crippen molar-refractivity contribution in [1.29, 1.82) is 0 Å². The number of carbonyl (C=O) groups is 1. The molecule has 1 aromatic heterocycles. The van der Waals surface area contributed by atoms with Crippen LogP contribution in [0.2, 0.25) is 0 Å². The van der Waals surface area contributed by atoms with Crippen molar-refractivity contribution in [2.45, 2.75) is 19.0 Å². The van der Waals surface area contributed by atoms with Crippen LogP contribution in [-0.2, 0) is 11.3 Å². The van der Waals surface area contributed by atoms with Gasteiger partial charge in [0.2, 0.25) is 5.91 Å². The lowest BCUT2D eigenvalue weighted by atomic mass is 10.1. The van der Waals surface area contributed by atoms with Crippen molar-refractivity contribution in [3.05, 3.63) is 30.1 Å². The molecule has 0 aliphatic carbocycles. The smallest absolute Gasteiger partial charge is 0.221 e. The van der Waals surface area contributed by atoms with Gasteiger partial charge < -0.3 is 11.1 Å². The Bertz CT molecular complexity index is 342. The van der Waals surface area contributed by atoms with Crippen LogP contribution in [0.3, 0.4) is 0 Å². The van der Waals surface area contributed by atoms with Gasteiger partial charge in [-0.1, -0.05) is 0 Å². The van der Waals surface area contributed by atoms with Crippen molar-refractivity contribution >= 4 is 5.91 Å². The molecule has 0 saturated heterocycles. The van der Waals surface area contributed by atoms with Gasteiger partial charge in [0.25, 0.3) is 0 Å². The molecule has 0 fully saturated rings. The predicted octanol–water partition coefficient (Wildman–Crippen LogP) is -0.0232. The molecule has 0 radical (unpaired) electrons. The molecule has 0 aromatic carbocycles. The van der Waals surface area contributed by atoms with Crippen LogP contribution in [0.4, 0.5) is 0 Å². The maximum absolute atomic E-state index is 11.3. The lowest BCUT2D eigenvalue weighted by Gasteiger charge is -2.26. The van der Waals surface area contributed by atoms with Crippen LogP contribution < -0.4 is 11.1 Å². The van der Waals surface area contributed by atoms with E-state index in [1.807, 2.05) is 19.2 Å². The van der Waals surface area contributed by atoms with Crippen molar-refractivity contribution in [2.75, 3.05) is 20.6 Å². The topological polar surface area (TPSA) is 71.2 Å². The van der Waals surface area contributed by atoms with E-state index in [-0.39, 0.29) is 11.9 Å². The highest BCUT2D eigenvalue weighted by atomic mass is 16.1. The zero-order chi connectivity index (χ0) is 12.7. The van der Waals surface area contributed by atoms with Crippen LogP contribution in [-0.4, -0.2) is 42.5 Å². The fraction of sp³-hybridized carbons (Fsp3) is 0.500. The van der Waals surface area contributed by atoms with Crippen LogP contribution in [0.1, 0.15) is 12.0 Å². The molecule has 0 bridgehead atoms. The molecule has 1 unspecified atom stereocenters. The predicted molar refractivity (Wildman–Crippen MR) is 67.2 cm³/mol. The third-order valence-electron chi connectivity index (χ3n) is 2.78. The van der Waals surface area contributed by atoms with Crippen LogP contribution in [0.5, 0.6) is 0 Å². The Kier molecular flexibility index (Phi) is 5.59. The molecule has 1 rings (SSSR count). The van der Waals surface area contributed by atoms with E-state index in [0.717, 1.165) is 12.1 Å². The SMILES string of the molecule is CNC(=O)CC(CN)N(C)Cc1ccncc1. The highest BCUT2D eigenvalue weighted by Crippen LogP contribution is 2.07. The van der Waals surface area contributed by atoms with E-state index in [4.69, 9.17) is 5.73 Å². The Labute approximate surface area is 102 Å². The minimum atomic E-state index is 0.0158. The molecule has 0 saturated carbocycles. The molecule has 0 spiro atoms. The van der Waals surface area contributed by atoms with Gasteiger partial charge in [0.05, 0.1) is 0 Å². The van der Waals surface area contributed by atoms with Crippen LogP contribution >= 0.6 is 0 Å². The number of nitrogens with zero attached hydrogens (tertiary/aromatic N) is 2. The molecular formula is C12H20N4O. The van der Waals surface area contributed by atoms with Gasteiger partial charge in [-0.15, -0.1) is 0 Å². The van der Waals surface area contributed by atoms with Crippen molar-refractivity contribution in [1.82, 2.24) is 15.2 Å². The van der Waals surface area contributed by atoms with Crippen LogP contribution in [0, 0.1) is 0 Å². The van der Waals surface area contributed by atoms with E-state index in [1.165, 1.54) is 0 Å².